The van der Waals surface area contributed by atoms with Crippen molar-refractivity contribution in [2.45, 2.75) is 20.8 Å². The van der Waals surface area contributed by atoms with Gasteiger partial charge in [0.25, 0.3) is 0 Å². The van der Waals surface area contributed by atoms with Gasteiger partial charge in [0, 0.05) is 18.8 Å². The minimum absolute atomic E-state index is 0.0805. The molecule has 2 unspecified atom stereocenters. The predicted molar refractivity (Wildman–Crippen MR) is 81.3 cm³/mol. The number of hydrogen-bond acceptors (Lipinski definition) is 3. The molecule has 0 radical (unpaired) electrons. The Bertz CT molecular complexity index is 556. The lowest BCUT2D eigenvalue weighted by Gasteiger charge is -2.15. The molecular weight excluding hydrogens is 268 g/mol. The van der Waals surface area contributed by atoms with Gasteiger partial charge in [0.1, 0.15) is 0 Å². The summed E-state index contributed by atoms with van der Waals surface area (Å²) in [7, 11) is 0. The summed E-state index contributed by atoms with van der Waals surface area (Å²) in [6.45, 7) is 7.28. The molecule has 2 rings (SSSR count). The fourth-order valence-electron chi connectivity index (χ4n) is 2.74. The molecule has 0 bridgehead atoms. The van der Waals surface area contributed by atoms with Crippen LogP contribution in [0.3, 0.4) is 0 Å². The van der Waals surface area contributed by atoms with Gasteiger partial charge in [-0.15, -0.1) is 0 Å². The molecule has 1 aromatic carbocycles. The Morgan fingerprint density at radius 1 is 1.29 bits per heavy atom. The summed E-state index contributed by atoms with van der Waals surface area (Å²) in [5, 5.41) is 12.0. The molecule has 1 amide bonds. The number of aliphatic carboxylic acids is 1. The third-order valence-corrected chi connectivity index (χ3v) is 4.16. The van der Waals surface area contributed by atoms with E-state index in [0.29, 0.717) is 13.1 Å². The maximum absolute atomic E-state index is 12.0. The van der Waals surface area contributed by atoms with Crippen LogP contribution in [-0.2, 0) is 9.59 Å². The second-order valence-corrected chi connectivity index (χ2v) is 5.96. The van der Waals surface area contributed by atoms with Gasteiger partial charge >= 0.3 is 5.97 Å². The molecule has 2 N–H and O–H groups in total. The molecule has 5 nitrogen and oxygen atoms in total. The Hall–Kier alpha value is -1.88. The van der Waals surface area contributed by atoms with E-state index in [0.717, 1.165) is 11.3 Å². The van der Waals surface area contributed by atoms with Gasteiger partial charge in [0.05, 0.1) is 12.5 Å². The van der Waals surface area contributed by atoms with Crippen molar-refractivity contribution in [3.8, 4) is 0 Å². The van der Waals surface area contributed by atoms with Crippen LogP contribution in [-0.4, -0.2) is 41.5 Å². The van der Waals surface area contributed by atoms with E-state index in [1.54, 1.807) is 0 Å². The minimum atomic E-state index is -0.778. The van der Waals surface area contributed by atoms with Crippen LogP contribution < -0.4 is 5.32 Å². The van der Waals surface area contributed by atoms with Crippen molar-refractivity contribution in [2.75, 3.05) is 25.0 Å². The van der Waals surface area contributed by atoms with E-state index in [1.807, 2.05) is 43.9 Å². The summed E-state index contributed by atoms with van der Waals surface area (Å²) in [5.41, 5.74) is 3.10. The highest BCUT2D eigenvalue weighted by Gasteiger charge is 2.35. The number of carboxylic acids is 1. The molecule has 1 aromatic rings. The molecular formula is C16H22N2O3. The number of amides is 1. The third kappa shape index (κ3) is 3.82. The molecule has 2 atom stereocenters. The summed E-state index contributed by atoms with van der Waals surface area (Å²) in [6.07, 6.45) is 0. The van der Waals surface area contributed by atoms with Gasteiger partial charge in [0.2, 0.25) is 5.91 Å². The maximum Gasteiger partial charge on any atom is 0.308 e. The molecule has 1 heterocycles. The number of carbonyl (C=O) groups is 2. The van der Waals surface area contributed by atoms with Crippen LogP contribution >= 0.6 is 0 Å². The second-order valence-electron chi connectivity index (χ2n) is 5.96. The Balaban J connectivity index is 1.90. The van der Waals surface area contributed by atoms with Gasteiger partial charge in [-0.1, -0.05) is 13.0 Å². The highest BCUT2D eigenvalue weighted by atomic mass is 16.4. The zero-order chi connectivity index (χ0) is 15.6. The van der Waals surface area contributed by atoms with Gasteiger partial charge in [-0.05, 0) is 43.0 Å². The van der Waals surface area contributed by atoms with Crippen LogP contribution in [0.4, 0.5) is 5.69 Å². The molecule has 1 fully saturated rings. The number of anilines is 1. The number of carbonyl (C=O) groups excluding carboxylic acids is 1. The average Bonchev–Trinajstić information content (AvgIpc) is 2.75. The van der Waals surface area contributed by atoms with Crippen LogP contribution in [0.5, 0.6) is 0 Å². The fraction of sp³-hybridized carbons (Fsp3) is 0.500. The number of carboxylic acid groups (broad SMARTS) is 1. The smallest absolute Gasteiger partial charge is 0.308 e. The van der Waals surface area contributed by atoms with E-state index in [9.17, 15) is 9.59 Å². The van der Waals surface area contributed by atoms with Crippen molar-refractivity contribution in [3.05, 3.63) is 29.3 Å². The molecule has 1 aliphatic heterocycles. The van der Waals surface area contributed by atoms with Crippen molar-refractivity contribution in [1.82, 2.24) is 4.90 Å². The molecule has 5 heteroatoms. The first-order valence-electron chi connectivity index (χ1n) is 7.19. The lowest BCUT2D eigenvalue weighted by atomic mass is 9.99. The summed E-state index contributed by atoms with van der Waals surface area (Å²) in [6, 6.07) is 5.80. The Labute approximate surface area is 125 Å². The van der Waals surface area contributed by atoms with E-state index < -0.39 is 5.97 Å². The first-order chi connectivity index (χ1) is 9.86. The summed E-state index contributed by atoms with van der Waals surface area (Å²) < 4.78 is 0. The number of nitrogens with zero attached hydrogens (tertiary/aromatic N) is 1. The quantitative estimate of drug-likeness (QED) is 0.888. The summed E-state index contributed by atoms with van der Waals surface area (Å²) in [4.78, 5) is 25.0. The molecule has 0 saturated carbocycles. The number of benzene rings is 1. The standard InChI is InChI=1S/C16H22N2O3/c1-10-4-5-13(6-11(10)2)17-15(19)9-18-7-12(3)14(8-18)16(20)21/h4-6,12,14H,7-9H2,1-3H3,(H,17,19)(H,20,21). The molecule has 0 aliphatic carbocycles. The lowest BCUT2D eigenvalue weighted by molar-refractivity contribution is -0.142. The van der Waals surface area contributed by atoms with Crippen molar-refractivity contribution in [1.29, 1.82) is 0 Å². The maximum atomic E-state index is 12.0. The minimum Gasteiger partial charge on any atom is -0.481 e. The highest BCUT2D eigenvalue weighted by molar-refractivity contribution is 5.92. The predicted octanol–water partition coefficient (Wildman–Crippen LogP) is 1.89. The largest absolute Gasteiger partial charge is 0.481 e. The summed E-state index contributed by atoms with van der Waals surface area (Å²) >= 11 is 0. The fourth-order valence-corrected chi connectivity index (χ4v) is 2.74. The number of likely N-dealkylation sites (tertiary alicyclic amines) is 1. The normalized spacial score (nSPS) is 22.2. The zero-order valence-electron chi connectivity index (χ0n) is 12.7. The van der Waals surface area contributed by atoms with Gasteiger partial charge in [-0.2, -0.15) is 0 Å². The van der Waals surface area contributed by atoms with E-state index in [2.05, 4.69) is 5.32 Å². The van der Waals surface area contributed by atoms with Gasteiger partial charge in [-0.3, -0.25) is 14.5 Å². The molecule has 21 heavy (non-hydrogen) atoms. The number of hydrogen-bond donors (Lipinski definition) is 2. The van der Waals surface area contributed by atoms with E-state index in [-0.39, 0.29) is 24.3 Å². The van der Waals surface area contributed by atoms with Gasteiger partial charge in [0.15, 0.2) is 0 Å². The van der Waals surface area contributed by atoms with Crippen LogP contribution in [0.2, 0.25) is 0 Å². The molecule has 0 spiro atoms. The SMILES string of the molecule is Cc1ccc(NC(=O)CN2CC(C)C(C(=O)O)C2)cc1C. The number of rotatable bonds is 4. The lowest BCUT2D eigenvalue weighted by Crippen LogP contribution is -2.32. The Morgan fingerprint density at radius 3 is 2.57 bits per heavy atom. The van der Waals surface area contributed by atoms with Crippen LogP contribution in [0.1, 0.15) is 18.1 Å². The average molecular weight is 290 g/mol. The number of nitrogens with one attached hydrogen (secondary N) is 1. The van der Waals surface area contributed by atoms with Crippen molar-refractivity contribution >= 4 is 17.6 Å². The van der Waals surface area contributed by atoms with Gasteiger partial charge in [-0.25, -0.2) is 0 Å². The topological polar surface area (TPSA) is 69.6 Å². The highest BCUT2D eigenvalue weighted by Crippen LogP contribution is 2.23. The first kappa shape index (κ1) is 15.5. The number of aryl methyl sites for hydroxylation is 2. The van der Waals surface area contributed by atoms with E-state index in [4.69, 9.17) is 5.11 Å². The second kappa shape index (κ2) is 6.26. The van der Waals surface area contributed by atoms with Crippen molar-refractivity contribution in [3.63, 3.8) is 0 Å². The van der Waals surface area contributed by atoms with E-state index in [1.165, 1.54) is 5.56 Å². The van der Waals surface area contributed by atoms with Crippen LogP contribution in [0.25, 0.3) is 0 Å². The Morgan fingerprint density at radius 2 is 2.00 bits per heavy atom. The summed E-state index contributed by atoms with van der Waals surface area (Å²) in [5.74, 6) is -1.17. The van der Waals surface area contributed by atoms with Crippen LogP contribution in [0.15, 0.2) is 18.2 Å². The first-order valence-corrected chi connectivity index (χ1v) is 7.19. The van der Waals surface area contributed by atoms with Gasteiger partial charge < -0.3 is 10.4 Å². The third-order valence-electron chi connectivity index (χ3n) is 4.16. The molecule has 1 saturated heterocycles. The zero-order valence-corrected chi connectivity index (χ0v) is 12.7. The van der Waals surface area contributed by atoms with E-state index >= 15 is 0 Å². The molecule has 114 valence electrons. The van der Waals surface area contributed by atoms with Crippen molar-refractivity contribution in [2.24, 2.45) is 11.8 Å². The molecule has 1 aliphatic rings. The monoisotopic (exact) mass is 290 g/mol. The van der Waals surface area contributed by atoms with Crippen LogP contribution in [0, 0.1) is 25.7 Å². The van der Waals surface area contributed by atoms with Crippen molar-refractivity contribution < 1.29 is 14.7 Å². The Kier molecular flexibility index (Phi) is 4.63. The molecule has 0 aromatic heterocycles.